The summed E-state index contributed by atoms with van der Waals surface area (Å²) in [6.45, 7) is 1.59. The van der Waals surface area contributed by atoms with Crippen molar-refractivity contribution in [2.24, 2.45) is 0 Å². The van der Waals surface area contributed by atoms with Crippen LogP contribution in [0.15, 0.2) is 53.3 Å². The number of anilines is 2. The predicted molar refractivity (Wildman–Crippen MR) is 109 cm³/mol. The molecule has 2 N–H and O–H groups in total. The summed E-state index contributed by atoms with van der Waals surface area (Å²) in [7, 11) is 0. The fraction of sp³-hybridized carbons (Fsp3) is 0.250. The maximum Gasteiger partial charge on any atom is 0.277 e. The average molecular weight is 392 g/mol. The van der Waals surface area contributed by atoms with Gasteiger partial charge >= 0.3 is 0 Å². The van der Waals surface area contributed by atoms with Gasteiger partial charge in [0.05, 0.1) is 29.9 Å². The zero-order chi connectivity index (χ0) is 20.2. The molecule has 0 bridgehead atoms. The molecule has 0 saturated carbocycles. The van der Waals surface area contributed by atoms with Crippen molar-refractivity contribution in [2.75, 3.05) is 29.9 Å². The van der Waals surface area contributed by atoms with Gasteiger partial charge in [-0.25, -0.2) is 4.68 Å². The van der Waals surface area contributed by atoms with Crippen LogP contribution in [0, 0.1) is 0 Å². The highest BCUT2D eigenvalue weighted by Crippen LogP contribution is 2.26. The van der Waals surface area contributed by atoms with Gasteiger partial charge in [0.25, 0.3) is 5.56 Å². The number of carbonyl (C=O) groups excluding carboxylic acids is 2. The summed E-state index contributed by atoms with van der Waals surface area (Å²) in [4.78, 5) is 38.6. The average Bonchev–Trinajstić information content (AvgIpc) is 2.74. The van der Waals surface area contributed by atoms with E-state index in [9.17, 15) is 14.4 Å². The first-order valence-corrected chi connectivity index (χ1v) is 9.35. The molecule has 3 aromatic rings. The highest BCUT2D eigenvalue weighted by Gasteiger charge is 2.19. The molecule has 1 fully saturated rings. The maximum atomic E-state index is 12.5. The Morgan fingerprint density at radius 1 is 1.10 bits per heavy atom. The first kappa shape index (κ1) is 18.6. The van der Waals surface area contributed by atoms with Crippen molar-refractivity contribution < 1.29 is 9.59 Å². The summed E-state index contributed by atoms with van der Waals surface area (Å²) in [5, 5.41) is 14.1. The van der Waals surface area contributed by atoms with Crippen molar-refractivity contribution in [3.8, 4) is 0 Å². The summed E-state index contributed by atoms with van der Waals surface area (Å²) in [6, 6.07) is 14.3. The monoisotopic (exact) mass is 392 g/mol. The fourth-order valence-electron chi connectivity index (χ4n) is 3.29. The summed E-state index contributed by atoms with van der Waals surface area (Å²) in [6.07, 6.45) is 0.0712. The molecule has 1 saturated heterocycles. The van der Waals surface area contributed by atoms with Crippen LogP contribution in [0.4, 0.5) is 11.4 Å². The number of hydrogen-bond acceptors (Lipinski definition) is 6. The van der Waals surface area contributed by atoms with Crippen LogP contribution in [0.1, 0.15) is 6.42 Å². The minimum Gasteiger partial charge on any atom is -0.359 e. The molecule has 2 heterocycles. The Labute approximate surface area is 166 Å². The topological polar surface area (TPSA) is 109 Å². The molecule has 4 rings (SSSR count). The lowest BCUT2D eigenvalue weighted by Crippen LogP contribution is -2.47. The highest BCUT2D eigenvalue weighted by molar-refractivity contribution is 5.95. The number of para-hydroxylation sites is 2. The number of carbonyl (C=O) groups is 2. The molecule has 0 radical (unpaired) electrons. The molecule has 0 atom stereocenters. The first-order valence-electron chi connectivity index (χ1n) is 9.35. The molecule has 0 spiro atoms. The molecule has 0 aliphatic carbocycles. The van der Waals surface area contributed by atoms with E-state index in [0.717, 1.165) is 5.69 Å². The zero-order valence-corrected chi connectivity index (χ0v) is 15.7. The van der Waals surface area contributed by atoms with Crippen molar-refractivity contribution in [1.29, 1.82) is 0 Å². The normalized spacial score (nSPS) is 13.9. The number of nitrogens with one attached hydrogen (secondary N) is 2. The van der Waals surface area contributed by atoms with Gasteiger partial charge in [-0.1, -0.05) is 29.5 Å². The van der Waals surface area contributed by atoms with Gasteiger partial charge < -0.3 is 15.5 Å². The summed E-state index contributed by atoms with van der Waals surface area (Å²) in [5.74, 6) is -0.299. The number of nitrogens with zero attached hydrogens (tertiary/aromatic N) is 4. The number of fused-ring (bicyclic) bond motifs is 1. The molecule has 9 heteroatoms. The molecule has 2 amide bonds. The first-order chi connectivity index (χ1) is 14.1. The minimum absolute atomic E-state index is 0.0494. The van der Waals surface area contributed by atoms with Gasteiger partial charge in [-0.05, 0) is 24.3 Å². The summed E-state index contributed by atoms with van der Waals surface area (Å²) in [5.41, 5.74) is 1.67. The maximum absolute atomic E-state index is 12.5. The second-order valence-corrected chi connectivity index (χ2v) is 6.72. The molecule has 29 heavy (non-hydrogen) atoms. The third-order valence-electron chi connectivity index (χ3n) is 4.74. The SMILES string of the molecule is O=C1CN(c2ccccc2NC(=O)CCn2nnc3ccccc3c2=O)CCN1. The Hall–Kier alpha value is -3.75. The van der Waals surface area contributed by atoms with Crippen molar-refractivity contribution in [3.63, 3.8) is 0 Å². The van der Waals surface area contributed by atoms with Crippen LogP contribution in [0.5, 0.6) is 0 Å². The number of aryl methyl sites for hydroxylation is 1. The molecule has 1 aromatic heterocycles. The molecule has 148 valence electrons. The summed E-state index contributed by atoms with van der Waals surface area (Å²) >= 11 is 0. The third kappa shape index (κ3) is 4.08. The van der Waals surface area contributed by atoms with E-state index in [0.29, 0.717) is 29.7 Å². The van der Waals surface area contributed by atoms with Crippen LogP contribution in [0.25, 0.3) is 10.9 Å². The van der Waals surface area contributed by atoms with E-state index in [1.807, 2.05) is 23.1 Å². The lowest BCUT2D eigenvalue weighted by molar-refractivity contribution is -0.120. The molecule has 9 nitrogen and oxygen atoms in total. The largest absolute Gasteiger partial charge is 0.359 e. The number of rotatable bonds is 5. The third-order valence-corrected chi connectivity index (χ3v) is 4.74. The number of aromatic nitrogens is 3. The van der Waals surface area contributed by atoms with Gasteiger partial charge in [-0.3, -0.25) is 14.4 Å². The number of amides is 2. The number of hydrogen-bond donors (Lipinski definition) is 2. The Morgan fingerprint density at radius 3 is 2.76 bits per heavy atom. The van der Waals surface area contributed by atoms with Crippen molar-refractivity contribution in [2.45, 2.75) is 13.0 Å². The van der Waals surface area contributed by atoms with Crippen LogP contribution in [-0.4, -0.2) is 46.4 Å². The Kier molecular flexibility index (Phi) is 5.19. The van der Waals surface area contributed by atoms with Crippen LogP contribution in [0.2, 0.25) is 0 Å². The standard InChI is InChI=1S/C20H20N6O3/c27-18(9-11-26-20(29)14-5-1-2-6-15(14)23-24-26)22-16-7-3-4-8-17(16)25-12-10-21-19(28)13-25/h1-8H,9-13H2,(H,21,28)(H,22,27). The van der Waals surface area contributed by atoms with Crippen molar-refractivity contribution in [1.82, 2.24) is 20.3 Å². The second kappa shape index (κ2) is 8.09. The van der Waals surface area contributed by atoms with Gasteiger partial charge in [0.15, 0.2) is 0 Å². The van der Waals surface area contributed by atoms with E-state index >= 15 is 0 Å². The molecular formula is C20H20N6O3. The molecule has 2 aromatic carbocycles. The van der Waals surface area contributed by atoms with Crippen molar-refractivity contribution in [3.05, 3.63) is 58.9 Å². The van der Waals surface area contributed by atoms with E-state index in [-0.39, 0.29) is 36.9 Å². The van der Waals surface area contributed by atoms with E-state index in [1.54, 1.807) is 30.3 Å². The highest BCUT2D eigenvalue weighted by atomic mass is 16.2. The van der Waals surface area contributed by atoms with Crippen LogP contribution in [-0.2, 0) is 16.1 Å². The smallest absolute Gasteiger partial charge is 0.277 e. The van der Waals surface area contributed by atoms with Crippen LogP contribution >= 0.6 is 0 Å². The lowest BCUT2D eigenvalue weighted by Gasteiger charge is -2.30. The number of benzene rings is 2. The second-order valence-electron chi connectivity index (χ2n) is 6.72. The van der Waals surface area contributed by atoms with Crippen molar-refractivity contribution >= 4 is 34.1 Å². The van der Waals surface area contributed by atoms with E-state index in [4.69, 9.17) is 0 Å². The van der Waals surface area contributed by atoms with Gasteiger partial charge in [-0.15, -0.1) is 5.10 Å². The lowest BCUT2D eigenvalue weighted by atomic mass is 10.2. The molecular weight excluding hydrogens is 372 g/mol. The Bertz CT molecular complexity index is 1130. The van der Waals surface area contributed by atoms with Gasteiger partial charge in [-0.2, -0.15) is 0 Å². The fourth-order valence-corrected chi connectivity index (χ4v) is 3.29. The van der Waals surface area contributed by atoms with Gasteiger partial charge in [0, 0.05) is 19.5 Å². The van der Waals surface area contributed by atoms with Crippen LogP contribution in [0.3, 0.4) is 0 Å². The molecule has 1 aliphatic rings. The Balaban J connectivity index is 1.45. The van der Waals surface area contributed by atoms with E-state index in [1.165, 1.54) is 4.68 Å². The van der Waals surface area contributed by atoms with Gasteiger partial charge in [0.1, 0.15) is 5.52 Å². The van der Waals surface area contributed by atoms with E-state index < -0.39 is 0 Å². The minimum atomic E-state index is -0.275. The predicted octanol–water partition coefficient (Wildman–Crippen LogP) is 0.756. The quantitative estimate of drug-likeness (QED) is 0.663. The zero-order valence-electron chi connectivity index (χ0n) is 15.7. The van der Waals surface area contributed by atoms with E-state index in [2.05, 4.69) is 20.9 Å². The molecule has 1 aliphatic heterocycles. The Morgan fingerprint density at radius 2 is 1.90 bits per heavy atom. The van der Waals surface area contributed by atoms with Crippen LogP contribution < -0.4 is 21.1 Å². The number of piperazine rings is 1. The van der Waals surface area contributed by atoms with Gasteiger partial charge in [0.2, 0.25) is 11.8 Å². The summed E-state index contributed by atoms with van der Waals surface area (Å²) < 4.78 is 1.20. The molecule has 0 unspecified atom stereocenters.